The van der Waals surface area contributed by atoms with Gasteiger partial charge < -0.3 is 4.79 Å². The van der Waals surface area contributed by atoms with Crippen LogP contribution in [0.3, 0.4) is 0 Å². The van der Waals surface area contributed by atoms with Gasteiger partial charge in [0.05, 0.1) is 5.41 Å². The van der Waals surface area contributed by atoms with E-state index in [4.69, 9.17) is 0 Å². The third-order valence-electron chi connectivity index (χ3n) is 6.75. The highest BCUT2D eigenvalue weighted by atomic mass is 19.1. The lowest BCUT2D eigenvalue weighted by atomic mass is 9.71. The molecule has 0 aliphatic heterocycles. The van der Waals surface area contributed by atoms with Crippen LogP contribution in [0.25, 0.3) is 5.57 Å². The summed E-state index contributed by atoms with van der Waals surface area (Å²) in [6.45, 7) is 5.64. The summed E-state index contributed by atoms with van der Waals surface area (Å²) in [6.07, 6.45) is 2.55. The third-order valence-corrected chi connectivity index (χ3v) is 6.75. The molecule has 0 aliphatic carbocycles. The quantitative estimate of drug-likeness (QED) is 0.231. The average molecular weight is 505 g/mol. The van der Waals surface area contributed by atoms with Gasteiger partial charge in [0.15, 0.2) is 0 Å². The Morgan fingerprint density at radius 1 is 0.711 bits per heavy atom. The average Bonchev–Trinajstić information content (AvgIpc) is 2.91. The second kappa shape index (κ2) is 11.8. The Balaban J connectivity index is 1.92. The van der Waals surface area contributed by atoms with Crippen molar-refractivity contribution >= 4 is 11.4 Å². The van der Waals surface area contributed by atoms with Crippen molar-refractivity contribution in [2.75, 3.05) is 0 Å². The summed E-state index contributed by atoms with van der Waals surface area (Å²) in [5.74, 6) is 6.03. The first-order valence-electron chi connectivity index (χ1n) is 12.7. The molecule has 0 unspecified atom stereocenters. The van der Waals surface area contributed by atoms with Crippen LogP contribution in [0.15, 0.2) is 103 Å². The van der Waals surface area contributed by atoms with Gasteiger partial charge in [-0.1, -0.05) is 95.8 Å². The SMILES string of the molecule is CC(=O)CCC(C#CC=C(c1ccc(C)cc1)c1ccc(C)cc1)(c1ccc(F)cc1)c1ccc(F)cc1. The molecule has 0 fully saturated rings. The summed E-state index contributed by atoms with van der Waals surface area (Å²) in [5, 5.41) is 0. The normalized spacial score (nSPS) is 10.9. The fourth-order valence-corrected chi connectivity index (χ4v) is 4.53. The van der Waals surface area contributed by atoms with Gasteiger partial charge in [0.25, 0.3) is 0 Å². The van der Waals surface area contributed by atoms with Gasteiger partial charge in [-0.2, -0.15) is 0 Å². The number of hydrogen-bond donors (Lipinski definition) is 0. The molecule has 3 heteroatoms. The molecule has 4 aromatic carbocycles. The lowest BCUT2D eigenvalue weighted by Crippen LogP contribution is -2.27. The Bertz CT molecular complexity index is 1390. The number of carbonyl (C=O) groups excluding carboxylic acids is 1. The molecular weight excluding hydrogens is 474 g/mol. The molecule has 0 spiro atoms. The Labute approximate surface area is 223 Å². The zero-order valence-electron chi connectivity index (χ0n) is 21.9. The first-order chi connectivity index (χ1) is 18.3. The Hall–Kier alpha value is -4.29. The van der Waals surface area contributed by atoms with Crippen molar-refractivity contribution in [1.29, 1.82) is 0 Å². The van der Waals surface area contributed by atoms with E-state index in [1.165, 1.54) is 35.4 Å². The van der Waals surface area contributed by atoms with Crippen LogP contribution < -0.4 is 0 Å². The van der Waals surface area contributed by atoms with Crippen LogP contribution in [-0.2, 0) is 10.2 Å². The standard InChI is InChI=1S/C35H30F2O/c1-25-6-10-28(11-7-25)34(29-12-8-26(2)9-13-29)5-4-23-35(24-22-27(3)38,30-14-18-32(36)19-15-30)31-16-20-33(37)21-17-31/h5-21H,22,24H2,1-3H3. The molecule has 0 atom stereocenters. The van der Waals surface area contributed by atoms with Gasteiger partial charge in [-0.3, -0.25) is 0 Å². The number of rotatable bonds is 7. The number of hydrogen-bond acceptors (Lipinski definition) is 1. The maximum Gasteiger partial charge on any atom is 0.129 e. The number of carbonyl (C=O) groups is 1. The van der Waals surface area contributed by atoms with Crippen LogP contribution in [0.2, 0.25) is 0 Å². The number of ketones is 1. The summed E-state index contributed by atoms with van der Waals surface area (Å²) >= 11 is 0. The van der Waals surface area contributed by atoms with Gasteiger partial charge in [-0.05, 0) is 85.4 Å². The first-order valence-corrected chi connectivity index (χ1v) is 12.7. The van der Waals surface area contributed by atoms with Crippen molar-refractivity contribution in [1.82, 2.24) is 0 Å². The summed E-state index contributed by atoms with van der Waals surface area (Å²) in [4.78, 5) is 12.1. The molecular formula is C35H30F2O. The van der Waals surface area contributed by atoms with Gasteiger partial charge >= 0.3 is 0 Å². The molecule has 0 aromatic heterocycles. The Morgan fingerprint density at radius 3 is 1.53 bits per heavy atom. The molecule has 0 heterocycles. The number of Topliss-reactive ketones (excluding diaryl/α,β-unsaturated/α-hetero) is 1. The van der Waals surface area contributed by atoms with Crippen LogP contribution in [0.1, 0.15) is 53.1 Å². The second-order valence-electron chi connectivity index (χ2n) is 9.68. The summed E-state index contributed by atoms with van der Waals surface area (Å²) in [6, 6.07) is 28.9. The highest BCUT2D eigenvalue weighted by Crippen LogP contribution is 2.37. The molecule has 0 bridgehead atoms. The minimum atomic E-state index is -0.935. The van der Waals surface area contributed by atoms with Gasteiger partial charge in [0.1, 0.15) is 17.4 Å². The van der Waals surface area contributed by atoms with Gasteiger partial charge in [-0.15, -0.1) is 0 Å². The largest absolute Gasteiger partial charge is 0.300 e. The Kier molecular flexibility index (Phi) is 8.34. The van der Waals surface area contributed by atoms with E-state index in [1.54, 1.807) is 31.2 Å². The van der Waals surface area contributed by atoms with Crippen molar-refractivity contribution in [3.8, 4) is 11.8 Å². The molecule has 0 saturated carbocycles. The summed E-state index contributed by atoms with van der Waals surface area (Å²) in [7, 11) is 0. The van der Waals surface area contributed by atoms with E-state index in [9.17, 15) is 13.6 Å². The van der Waals surface area contributed by atoms with E-state index < -0.39 is 5.41 Å². The smallest absolute Gasteiger partial charge is 0.129 e. The molecule has 0 N–H and O–H groups in total. The summed E-state index contributed by atoms with van der Waals surface area (Å²) < 4.78 is 27.8. The zero-order valence-corrected chi connectivity index (χ0v) is 21.9. The molecule has 1 nitrogen and oxygen atoms in total. The molecule has 4 rings (SSSR count). The van der Waals surface area contributed by atoms with E-state index in [0.717, 1.165) is 27.8 Å². The van der Waals surface area contributed by atoms with E-state index in [-0.39, 0.29) is 23.8 Å². The predicted molar refractivity (Wildman–Crippen MR) is 151 cm³/mol. The number of allylic oxidation sites excluding steroid dienone is 1. The van der Waals surface area contributed by atoms with Crippen molar-refractivity contribution in [3.05, 3.63) is 148 Å². The fraction of sp³-hybridized carbons (Fsp3) is 0.171. The number of halogens is 2. The van der Waals surface area contributed by atoms with Gasteiger partial charge in [-0.25, -0.2) is 8.78 Å². The highest BCUT2D eigenvalue weighted by molar-refractivity contribution is 5.82. The van der Waals surface area contributed by atoms with E-state index in [0.29, 0.717) is 6.42 Å². The minimum absolute atomic E-state index is 0.0240. The molecule has 0 amide bonds. The van der Waals surface area contributed by atoms with Crippen LogP contribution in [-0.4, -0.2) is 5.78 Å². The predicted octanol–water partition coefficient (Wildman–Crippen LogP) is 8.37. The number of aryl methyl sites for hydroxylation is 2. The molecule has 0 saturated heterocycles. The highest BCUT2D eigenvalue weighted by Gasteiger charge is 2.33. The lowest BCUT2D eigenvalue weighted by Gasteiger charge is -2.30. The van der Waals surface area contributed by atoms with E-state index >= 15 is 0 Å². The van der Waals surface area contributed by atoms with Crippen molar-refractivity contribution in [2.24, 2.45) is 0 Å². The van der Waals surface area contributed by atoms with E-state index in [1.807, 2.05) is 19.9 Å². The topological polar surface area (TPSA) is 17.1 Å². The molecule has 38 heavy (non-hydrogen) atoms. The fourth-order valence-electron chi connectivity index (χ4n) is 4.53. The van der Waals surface area contributed by atoms with Crippen LogP contribution in [0.4, 0.5) is 8.78 Å². The second-order valence-corrected chi connectivity index (χ2v) is 9.68. The minimum Gasteiger partial charge on any atom is -0.300 e. The van der Waals surface area contributed by atoms with Crippen LogP contribution >= 0.6 is 0 Å². The van der Waals surface area contributed by atoms with Gasteiger partial charge in [0, 0.05) is 6.42 Å². The van der Waals surface area contributed by atoms with Crippen LogP contribution in [0, 0.1) is 37.3 Å². The Morgan fingerprint density at radius 2 is 1.13 bits per heavy atom. The lowest BCUT2D eigenvalue weighted by molar-refractivity contribution is -0.117. The van der Waals surface area contributed by atoms with Crippen molar-refractivity contribution < 1.29 is 13.6 Å². The summed E-state index contributed by atoms with van der Waals surface area (Å²) in [5.41, 5.74) is 5.93. The van der Waals surface area contributed by atoms with Crippen molar-refractivity contribution in [3.63, 3.8) is 0 Å². The van der Waals surface area contributed by atoms with Crippen LogP contribution in [0.5, 0.6) is 0 Å². The first kappa shape index (κ1) is 26.8. The zero-order chi connectivity index (χ0) is 27.1. The molecule has 190 valence electrons. The van der Waals surface area contributed by atoms with Crippen molar-refractivity contribution in [2.45, 2.75) is 39.0 Å². The van der Waals surface area contributed by atoms with E-state index in [2.05, 4.69) is 60.4 Å². The molecule has 0 aliphatic rings. The molecule has 0 radical (unpaired) electrons. The maximum atomic E-state index is 13.9. The molecule has 4 aromatic rings. The number of benzene rings is 4. The maximum absolute atomic E-state index is 13.9. The third kappa shape index (κ3) is 6.33. The van der Waals surface area contributed by atoms with Gasteiger partial charge in [0.2, 0.25) is 0 Å². The monoisotopic (exact) mass is 504 g/mol.